The third kappa shape index (κ3) is 5.68. The predicted octanol–water partition coefficient (Wildman–Crippen LogP) is 3.12. The van der Waals surface area contributed by atoms with E-state index in [-0.39, 0.29) is 28.9 Å². The average molecular weight is 418 g/mol. The van der Waals surface area contributed by atoms with E-state index in [1.807, 2.05) is 35.2 Å². The van der Waals surface area contributed by atoms with Gasteiger partial charge in [-0.2, -0.15) is 8.78 Å². The summed E-state index contributed by atoms with van der Waals surface area (Å²) in [5, 5.41) is 2.77. The first-order valence-corrected chi connectivity index (χ1v) is 9.69. The predicted molar refractivity (Wildman–Crippen MR) is 107 cm³/mol. The van der Waals surface area contributed by atoms with Crippen molar-refractivity contribution in [2.24, 2.45) is 5.92 Å². The fraction of sp³-hybridized carbons (Fsp3) is 0.364. The first kappa shape index (κ1) is 21.5. The van der Waals surface area contributed by atoms with Gasteiger partial charge in [-0.15, -0.1) is 0 Å². The second-order valence-electron chi connectivity index (χ2n) is 7.10. The molecule has 1 N–H and O–H groups in total. The quantitative estimate of drug-likeness (QED) is 0.680. The standard InChI is InChI=1S/C22H24F2N2O4/c1-29-18-8-7-17(12-19(18)30-22(23)24)21(28)25-13-16-11-20(27)26(14-16)10-9-15-5-3-2-4-6-15/h2-8,12,16,22H,9-11,13-14H2,1H3,(H,25,28). The summed E-state index contributed by atoms with van der Waals surface area (Å²) in [6, 6.07) is 14.0. The molecule has 2 aromatic rings. The van der Waals surface area contributed by atoms with E-state index in [0.29, 0.717) is 26.1 Å². The van der Waals surface area contributed by atoms with Crippen molar-refractivity contribution in [3.05, 3.63) is 59.7 Å². The fourth-order valence-corrected chi connectivity index (χ4v) is 3.46. The number of hydrogen-bond donors (Lipinski definition) is 1. The zero-order valence-corrected chi connectivity index (χ0v) is 16.6. The maximum absolute atomic E-state index is 12.6. The monoisotopic (exact) mass is 418 g/mol. The van der Waals surface area contributed by atoms with Gasteiger partial charge < -0.3 is 19.7 Å². The van der Waals surface area contributed by atoms with Crippen LogP contribution < -0.4 is 14.8 Å². The van der Waals surface area contributed by atoms with Crippen LogP contribution in [0.5, 0.6) is 11.5 Å². The molecule has 1 aliphatic rings. The smallest absolute Gasteiger partial charge is 0.387 e. The molecule has 1 atom stereocenters. The van der Waals surface area contributed by atoms with Crippen LogP contribution in [0, 0.1) is 5.92 Å². The van der Waals surface area contributed by atoms with Crippen LogP contribution in [0.1, 0.15) is 22.3 Å². The van der Waals surface area contributed by atoms with Crippen molar-refractivity contribution in [1.82, 2.24) is 10.2 Å². The Bertz CT molecular complexity index is 877. The molecule has 30 heavy (non-hydrogen) atoms. The number of methoxy groups -OCH3 is 1. The lowest BCUT2D eigenvalue weighted by Crippen LogP contribution is -2.32. The molecule has 8 heteroatoms. The Labute approximate surface area is 173 Å². The van der Waals surface area contributed by atoms with Gasteiger partial charge in [-0.25, -0.2) is 0 Å². The summed E-state index contributed by atoms with van der Waals surface area (Å²) >= 11 is 0. The maximum Gasteiger partial charge on any atom is 0.387 e. The highest BCUT2D eigenvalue weighted by atomic mass is 19.3. The van der Waals surface area contributed by atoms with Crippen LogP contribution in [0.3, 0.4) is 0 Å². The van der Waals surface area contributed by atoms with Crippen molar-refractivity contribution < 1.29 is 27.8 Å². The number of nitrogens with one attached hydrogen (secondary N) is 1. The minimum atomic E-state index is -3.02. The van der Waals surface area contributed by atoms with Gasteiger partial charge in [0.2, 0.25) is 5.91 Å². The molecule has 0 aromatic heterocycles. The number of ether oxygens (including phenoxy) is 2. The summed E-state index contributed by atoms with van der Waals surface area (Å²) < 4.78 is 34.5. The molecule has 0 radical (unpaired) electrons. The van der Waals surface area contributed by atoms with Gasteiger partial charge in [0, 0.05) is 37.5 Å². The summed E-state index contributed by atoms with van der Waals surface area (Å²) in [4.78, 5) is 26.5. The number of likely N-dealkylation sites (tertiary alicyclic amines) is 1. The molecule has 2 amide bonds. The topological polar surface area (TPSA) is 67.9 Å². The highest BCUT2D eigenvalue weighted by Gasteiger charge is 2.29. The molecule has 6 nitrogen and oxygen atoms in total. The molecule has 0 aliphatic carbocycles. The fourth-order valence-electron chi connectivity index (χ4n) is 3.46. The molecule has 2 aromatic carbocycles. The second kappa shape index (κ2) is 10.0. The van der Waals surface area contributed by atoms with Crippen LogP contribution in [0.15, 0.2) is 48.5 Å². The Kier molecular flexibility index (Phi) is 7.21. The van der Waals surface area contributed by atoms with Crippen molar-refractivity contribution in [3.63, 3.8) is 0 Å². The third-order valence-corrected chi connectivity index (χ3v) is 5.00. The van der Waals surface area contributed by atoms with Gasteiger partial charge in [-0.1, -0.05) is 30.3 Å². The third-order valence-electron chi connectivity index (χ3n) is 5.00. The van der Waals surface area contributed by atoms with Gasteiger partial charge >= 0.3 is 6.61 Å². The average Bonchev–Trinajstić information content (AvgIpc) is 3.10. The Balaban J connectivity index is 1.51. The summed E-state index contributed by atoms with van der Waals surface area (Å²) in [5.41, 5.74) is 1.35. The zero-order valence-electron chi connectivity index (χ0n) is 16.6. The van der Waals surface area contributed by atoms with Gasteiger partial charge in [0.15, 0.2) is 11.5 Å². The van der Waals surface area contributed by atoms with Gasteiger partial charge in [-0.3, -0.25) is 9.59 Å². The first-order valence-electron chi connectivity index (χ1n) is 9.69. The van der Waals surface area contributed by atoms with E-state index < -0.39 is 12.5 Å². The minimum absolute atomic E-state index is 0.00672. The van der Waals surface area contributed by atoms with E-state index in [1.165, 1.54) is 30.9 Å². The van der Waals surface area contributed by atoms with Gasteiger partial charge in [0.1, 0.15) is 0 Å². The van der Waals surface area contributed by atoms with Gasteiger partial charge in [0.25, 0.3) is 5.91 Å². The zero-order chi connectivity index (χ0) is 21.5. The SMILES string of the molecule is COc1ccc(C(=O)NCC2CC(=O)N(CCc3ccccc3)C2)cc1OC(F)F. The Morgan fingerprint density at radius 2 is 1.97 bits per heavy atom. The molecule has 3 rings (SSSR count). The number of nitrogens with zero attached hydrogens (tertiary/aromatic N) is 1. The van der Waals surface area contributed by atoms with Crippen LogP contribution in [0.4, 0.5) is 8.78 Å². The van der Waals surface area contributed by atoms with Crippen LogP contribution in [0.2, 0.25) is 0 Å². The lowest BCUT2D eigenvalue weighted by molar-refractivity contribution is -0.127. The summed E-state index contributed by atoms with van der Waals surface area (Å²) in [6.07, 6.45) is 1.15. The summed E-state index contributed by atoms with van der Waals surface area (Å²) in [7, 11) is 1.33. The molecule has 1 aliphatic heterocycles. The molecule has 0 bridgehead atoms. The van der Waals surface area contributed by atoms with Gasteiger partial charge in [-0.05, 0) is 30.2 Å². The van der Waals surface area contributed by atoms with Crippen molar-refractivity contribution in [2.75, 3.05) is 26.7 Å². The van der Waals surface area contributed by atoms with Crippen molar-refractivity contribution in [2.45, 2.75) is 19.5 Å². The van der Waals surface area contributed by atoms with Gasteiger partial charge in [0.05, 0.1) is 7.11 Å². The lowest BCUT2D eigenvalue weighted by Gasteiger charge is -2.17. The number of halogens is 2. The van der Waals surface area contributed by atoms with Crippen molar-refractivity contribution in [1.29, 1.82) is 0 Å². The Hall–Kier alpha value is -3.16. The van der Waals surface area contributed by atoms with E-state index in [1.54, 1.807) is 0 Å². The van der Waals surface area contributed by atoms with E-state index in [0.717, 1.165) is 6.42 Å². The highest BCUT2D eigenvalue weighted by molar-refractivity contribution is 5.95. The number of carbonyl (C=O) groups is 2. The number of alkyl halides is 2. The molecular formula is C22H24F2N2O4. The summed E-state index contributed by atoms with van der Waals surface area (Å²) in [6.45, 7) is -1.48. The molecular weight excluding hydrogens is 394 g/mol. The molecule has 1 unspecified atom stereocenters. The van der Waals surface area contributed by atoms with Crippen LogP contribution in [0.25, 0.3) is 0 Å². The molecule has 1 saturated heterocycles. The van der Waals surface area contributed by atoms with Crippen molar-refractivity contribution >= 4 is 11.8 Å². The van der Waals surface area contributed by atoms with Crippen molar-refractivity contribution in [3.8, 4) is 11.5 Å². The molecule has 160 valence electrons. The van der Waals surface area contributed by atoms with Crippen LogP contribution >= 0.6 is 0 Å². The van der Waals surface area contributed by atoms with E-state index >= 15 is 0 Å². The van der Waals surface area contributed by atoms with Crippen LogP contribution in [-0.2, 0) is 11.2 Å². The lowest BCUT2D eigenvalue weighted by atomic mass is 10.1. The largest absolute Gasteiger partial charge is 0.493 e. The number of rotatable bonds is 9. The minimum Gasteiger partial charge on any atom is -0.493 e. The molecule has 1 fully saturated rings. The molecule has 0 spiro atoms. The number of carbonyl (C=O) groups excluding carboxylic acids is 2. The van der Waals surface area contributed by atoms with Crippen LogP contribution in [-0.4, -0.2) is 50.1 Å². The first-order chi connectivity index (χ1) is 14.5. The number of hydrogen-bond acceptors (Lipinski definition) is 4. The van der Waals surface area contributed by atoms with E-state index in [9.17, 15) is 18.4 Å². The van der Waals surface area contributed by atoms with E-state index in [4.69, 9.17) is 4.74 Å². The number of amides is 2. The molecule has 0 saturated carbocycles. The normalized spacial score (nSPS) is 16.1. The second-order valence-corrected chi connectivity index (χ2v) is 7.10. The highest BCUT2D eigenvalue weighted by Crippen LogP contribution is 2.29. The number of benzene rings is 2. The molecule has 1 heterocycles. The van der Waals surface area contributed by atoms with E-state index in [2.05, 4.69) is 10.1 Å². The summed E-state index contributed by atoms with van der Waals surface area (Å²) in [5.74, 6) is -0.438. The Morgan fingerprint density at radius 3 is 2.67 bits per heavy atom. The Morgan fingerprint density at radius 1 is 1.20 bits per heavy atom. The maximum atomic E-state index is 12.6.